The molecule has 0 fully saturated rings. The first kappa shape index (κ1) is 5.45. The summed E-state index contributed by atoms with van der Waals surface area (Å²) in [5.41, 5.74) is 0. The molecule has 0 saturated carbocycles. The highest BCUT2D eigenvalue weighted by Crippen LogP contribution is 1.71. The van der Waals surface area contributed by atoms with Crippen molar-refractivity contribution in [2.24, 2.45) is 0 Å². The molecule has 5 heavy (non-hydrogen) atoms. The Morgan fingerprint density at radius 1 is 2.00 bits per heavy atom. The van der Waals surface area contributed by atoms with Crippen molar-refractivity contribution >= 4 is 16.6 Å². The van der Waals surface area contributed by atoms with Crippen LogP contribution in [0.4, 0.5) is 0 Å². The molecule has 0 spiro atoms. The van der Waals surface area contributed by atoms with Crippen LogP contribution in [0.5, 0.6) is 0 Å². The van der Waals surface area contributed by atoms with Crippen LogP contribution in [0.1, 0.15) is 6.92 Å². The van der Waals surface area contributed by atoms with Gasteiger partial charge in [-0.3, -0.25) is 0 Å². The molecule has 0 aromatic carbocycles. The summed E-state index contributed by atoms with van der Waals surface area (Å²) in [6, 6.07) is 0. The van der Waals surface area contributed by atoms with Crippen molar-refractivity contribution in [3.63, 3.8) is 0 Å². The standard InChI is InChI=1S/C2H5O2.Al/c1-2(3)4;/h2-3H,1H3;/q-1;+1. The molecule has 2 nitrogen and oxygen atoms in total. The quantitative estimate of drug-likeness (QED) is 0.343. The van der Waals surface area contributed by atoms with Gasteiger partial charge in [-0.15, -0.1) is 0 Å². The van der Waals surface area contributed by atoms with E-state index in [4.69, 9.17) is 5.11 Å². The number of hydrogen-bond acceptors (Lipinski definition) is 2. The number of hydrogen-bond donors (Lipinski definition) is 1. The first-order valence-electron chi connectivity index (χ1n) is 1.31. The van der Waals surface area contributed by atoms with Gasteiger partial charge in [-0.1, -0.05) is 0 Å². The molecule has 0 aliphatic carbocycles. The Kier molecular flexibility index (Phi) is 2.92. The minimum atomic E-state index is -0.653. The topological polar surface area (TPSA) is 29.5 Å². The Balaban J connectivity index is 2.54. The van der Waals surface area contributed by atoms with E-state index in [2.05, 4.69) is 3.79 Å². The molecule has 28 valence electrons. The zero-order valence-corrected chi connectivity index (χ0v) is 4.16. The summed E-state index contributed by atoms with van der Waals surface area (Å²) in [4.78, 5) is 0. The molecule has 2 radical (unpaired) electrons. The van der Waals surface area contributed by atoms with E-state index >= 15 is 0 Å². The van der Waals surface area contributed by atoms with Gasteiger partial charge in [-0.25, -0.2) is 0 Å². The van der Waals surface area contributed by atoms with Crippen LogP contribution in [0, 0.1) is 0 Å². The van der Waals surface area contributed by atoms with Crippen LogP contribution in [0.15, 0.2) is 0 Å². The molecule has 0 aliphatic rings. The highest BCUT2D eigenvalue weighted by atomic mass is 27.1. The molecule has 0 saturated heterocycles. The van der Waals surface area contributed by atoms with Crippen LogP contribution < -0.4 is 0 Å². The maximum atomic E-state index is 8.12. The smallest absolute Gasteiger partial charge is 0.373 e. The van der Waals surface area contributed by atoms with Gasteiger partial charge >= 0.3 is 16.6 Å². The molecule has 0 aromatic rings. The first-order chi connectivity index (χ1) is 2.27. The van der Waals surface area contributed by atoms with Crippen LogP contribution in [0.3, 0.4) is 0 Å². The van der Waals surface area contributed by atoms with E-state index in [1.165, 1.54) is 6.92 Å². The lowest BCUT2D eigenvalue weighted by Gasteiger charge is -1.97. The van der Waals surface area contributed by atoms with E-state index < -0.39 is 6.29 Å². The van der Waals surface area contributed by atoms with Gasteiger partial charge in [-0.05, 0) is 6.92 Å². The minimum Gasteiger partial charge on any atom is -0.495 e. The maximum Gasteiger partial charge on any atom is 0.373 e. The van der Waals surface area contributed by atoms with Gasteiger partial charge in [0, 0.05) is 0 Å². The minimum absolute atomic E-state index is 0.653. The molecule has 0 heterocycles. The number of aliphatic hydroxyl groups is 1. The van der Waals surface area contributed by atoms with Crippen LogP contribution in [0.2, 0.25) is 0 Å². The molecule has 1 unspecified atom stereocenters. The summed E-state index contributed by atoms with van der Waals surface area (Å²) in [5.74, 6) is 0. The second-order valence-corrected chi connectivity index (χ2v) is 1.01. The second-order valence-electron chi connectivity index (χ2n) is 0.735. The fourth-order valence-corrected chi connectivity index (χ4v) is 0. The third kappa shape index (κ3) is 4.45. The summed E-state index contributed by atoms with van der Waals surface area (Å²) in [6.07, 6.45) is -0.653. The van der Waals surface area contributed by atoms with Crippen molar-refractivity contribution < 1.29 is 8.90 Å². The summed E-state index contributed by atoms with van der Waals surface area (Å²) in [7, 11) is 0. The number of aliphatic hydroxyl groups excluding tert-OH is 1. The summed E-state index contributed by atoms with van der Waals surface area (Å²) in [5, 5.41) is 8.12. The molecule has 1 N–H and O–H groups in total. The maximum absolute atomic E-state index is 8.12. The van der Waals surface area contributed by atoms with E-state index in [1.807, 2.05) is 16.6 Å². The Labute approximate surface area is 39.5 Å². The predicted octanol–water partition coefficient (Wildman–Crippen LogP) is -0.575. The van der Waals surface area contributed by atoms with Crippen molar-refractivity contribution in [1.82, 2.24) is 0 Å². The van der Waals surface area contributed by atoms with Crippen molar-refractivity contribution in [2.45, 2.75) is 13.2 Å². The molecule has 0 aromatic heterocycles. The molecule has 1 atom stereocenters. The molecular weight excluding hydrogens is 83.0 g/mol. The van der Waals surface area contributed by atoms with E-state index in [-0.39, 0.29) is 0 Å². The third-order valence-electron chi connectivity index (χ3n) is 0.197. The van der Waals surface area contributed by atoms with Gasteiger partial charge in [0.25, 0.3) is 0 Å². The van der Waals surface area contributed by atoms with Gasteiger partial charge in [-0.2, -0.15) is 0 Å². The summed E-state index contributed by atoms with van der Waals surface area (Å²) in [6.45, 7) is 1.53. The molecular formula is C2H5AlO2. The second kappa shape index (κ2) is 2.68. The van der Waals surface area contributed by atoms with Crippen molar-refractivity contribution in [1.29, 1.82) is 0 Å². The molecule has 3 heteroatoms. The fraction of sp³-hybridized carbons (Fsp3) is 1.00. The molecule has 0 amide bonds. The van der Waals surface area contributed by atoms with E-state index in [0.29, 0.717) is 0 Å². The fourth-order valence-electron chi connectivity index (χ4n) is 0. The first-order valence-corrected chi connectivity index (χ1v) is 1.78. The number of rotatable bonds is 1. The van der Waals surface area contributed by atoms with Crippen molar-refractivity contribution in [3.05, 3.63) is 0 Å². The lowest BCUT2D eigenvalue weighted by Crippen LogP contribution is -2.01. The summed E-state index contributed by atoms with van der Waals surface area (Å²) < 4.78 is 4.22. The Bertz CT molecular complexity index is 21.6. The van der Waals surface area contributed by atoms with Crippen LogP contribution >= 0.6 is 0 Å². The summed E-state index contributed by atoms with van der Waals surface area (Å²) >= 11 is 1.94. The van der Waals surface area contributed by atoms with Crippen LogP contribution in [0.25, 0.3) is 0 Å². The predicted molar refractivity (Wildman–Crippen MR) is 18.5 cm³/mol. The SMILES string of the molecule is CC(O)[O][Al]. The van der Waals surface area contributed by atoms with E-state index in [0.717, 1.165) is 0 Å². The Morgan fingerprint density at radius 3 is 2.20 bits per heavy atom. The molecule has 0 bridgehead atoms. The Morgan fingerprint density at radius 2 is 2.20 bits per heavy atom. The third-order valence-corrected chi connectivity index (χ3v) is 0.591. The monoisotopic (exact) mass is 88.0 g/mol. The van der Waals surface area contributed by atoms with Gasteiger partial charge in [0.05, 0.1) is 0 Å². The van der Waals surface area contributed by atoms with Gasteiger partial charge in [0.2, 0.25) is 0 Å². The Hall–Kier alpha value is 0.452. The zero-order valence-electron chi connectivity index (χ0n) is 3.01. The average Bonchev–Trinajstić information content (AvgIpc) is 1.38. The van der Waals surface area contributed by atoms with Gasteiger partial charge < -0.3 is 8.90 Å². The highest BCUT2D eigenvalue weighted by Gasteiger charge is 1.78. The largest absolute Gasteiger partial charge is 0.495 e. The van der Waals surface area contributed by atoms with Crippen molar-refractivity contribution in [3.8, 4) is 0 Å². The van der Waals surface area contributed by atoms with Gasteiger partial charge in [0.15, 0.2) is 0 Å². The van der Waals surface area contributed by atoms with Gasteiger partial charge in [0.1, 0.15) is 6.29 Å². The van der Waals surface area contributed by atoms with E-state index in [9.17, 15) is 0 Å². The van der Waals surface area contributed by atoms with E-state index in [1.54, 1.807) is 0 Å². The molecule has 0 aliphatic heterocycles. The van der Waals surface area contributed by atoms with Crippen molar-refractivity contribution in [2.75, 3.05) is 0 Å². The van der Waals surface area contributed by atoms with Crippen LogP contribution in [-0.4, -0.2) is 28.0 Å². The van der Waals surface area contributed by atoms with Crippen LogP contribution in [-0.2, 0) is 3.79 Å². The average molecular weight is 88.0 g/mol. The highest BCUT2D eigenvalue weighted by molar-refractivity contribution is 5.98. The lowest BCUT2D eigenvalue weighted by molar-refractivity contribution is 0.00628. The lowest BCUT2D eigenvalue weighted by atomic mass is 10.8. The normalized spacial score (nSPS) is 14.8. The zero-order chi connectivity index (χ0) is 4.28. The molecule has 0 rings (SSSR count).